The zero-order valence-electron chi connectivity index (χ0n) is 12.1. The van der Waals surface area contributed by atoms with Gasteiger partial charge in [-0.3, -0.25) is 4.79 Å². The maximum absolute atomic E-state index is 11.7. The topological polar surface area (TPSA) is 42.0 Å². The second-order valence-electron chi connectivity index (χ2n) is 4.53. The Balaban J connectivity index is 1.62. The van der Waals surface area contributed by atoms with Crippen molar-refractivity contribution in [3.63, 3.8) is 0 Å². The predicted molar refractivity (Wildman–Crippen MR) is 92.5 cm³/mol. The maximum Gasteiger partial charge on any atom is 0.230 e. The minimum absolute atomic E-state index is 0.0656. The van der Waals surface area contributed by atoms with Crippen molar-refractivity contribution in [1.82, 2.24) is 10.3 Å². The van der Waals surface area contributed by atoms with E-state index in [0.717, 1.165) is 10.1 Å². The van der Waals surface area contributed by atoms with Gasteiger partial charge in [-0.2, -0.15) is 0 Å². The van der Waals surface area contributed by atoms with E-state index in [0.29, 0.717) is 12.3 Å². The molecule has 0 fully saturated rings. The smallest absolute Gasteiger partial charge is 0.230 e. The molecule has 0 aliphatic carbocycles. The summed E-state index contributed by atoms with van der Waals surface area (Å²) >= 11 is 4.81. The van der Waals surface area contributed by atoms with Gasteiger partial charge in [-0.1, -0.05) is 17.8 Å². The van der Waals surface area contributed by atoms with Gasteiger partial charge >= 0.3 is 0 Å². The Morgan fingerprint density at radius 3 is 2.86 bits per heavy atom. The Kier molecular flexibility index (Phi) is 6.60. The number of thiazole rings is 1. The molecule has 0 bridgehead atoms. The first kappa shape index (κ1) is 16.4. The van der Waals surface area contributed by atoms with Crippen LogP contribution >= 0.6 is 34.9 Å². The second-order valence-corrected chi connectivity index (χ2v) is 7.82. The lowest BCUT2D eigenvalue weighted by Gasteiger charge is -2.06. The summed E-state index contributed by atoms with van der Waals surface area (Å²) in [6.45, 7) is 4.93. The van der Waals surface area contributed by atoms with Crippen LogP contribution in [0.15, 0.2) is 39.0 Å². The van der Waals surface area contributed by atoms with Crippen LogP contribution in [0.1, 0.15) is 11.1 Å². The molecule has 0 aliphatic rings. The van der Waals surface area contributed by atoms with Crippen LogP contribution in [0.4, 0.5) is 0 Å². The van der Waals surface area contributed by atoms with Crippen LogP contribution < -0.4 is 5.32 Å². The van der Waals surface area contributed by atoms with E-state index in [1.807, 2.05) is 5.38 Å². The van der Waals surface area contributed by atoms with Crippen LogP contribution in [0.5, 0.6) is 0 Å². The Morgan fingerprint density at radius 1 is 1.29 bits per heavy atom. The van der Waals surface area contributed by atoms with Crippen molar-refractivity contribution in [2.24, 2.45) is 0 Å². The highest BCUT2D eigenvalue weighted by Gasteiger charge is 2.04. The van der Waals surface area contributed by atoms with Gasteiger partial charge in [0.05, 0.1) is 5.75 Å². The molecule has 1 heterocycles. The minimum Gasteiger partial charge on any atom is -0.355 e. The fraction of sp³-hybridized carbons (Fsp3) is 0.333. The number of amides is 1. The Morgan fingerprint density at radius 2 is 2.14 bits per heavy atom. The molecule has 0 aliphatic heterocycles. The van der Waals surface area contributed by atoms with Gasteiger partial charge in [0.25, 0.3) is 0 Å². The molecular formula is C15H18N2OS3. The molecule has 3 nitrogen and oxygen atoms in total. The third-order valence-corrected chi connectivity index (χ3v) is 5.87. The van der Waals surface area contributed by atoms with Gasteiger partial charge in [0.15, 0.2) is 0 Å². The molecule has 6 heteroatoms. The third-order valence-electron chi connectivity index (χ3n) is 2.91. The van der Waals surface area contributed by atoms with Crippen LogP contribution in [0.2, 0.25) is 0 Å². The molecule has 1 amide bonds. The zero-order valence-corrected chi connectivity index (χ0v) is 14.5. The number of carbonyl (C=O) groups is 1. The van der Waals surface area contributed by atoms with Crippen molar-refractivity contribution in [1.29, 1.82) is 0 Å². The number of hydrogen-bond acceptors (Lipinski definition) is 5. The summed E-state index contributed by atoms with van der Waals surface area (Å²) in [6, 6.07) is 6.47. The Labute approximate surface area is 137 Å². The lowest BCUT2D eigenvalue weighted by atomic mass is 10.1. The first-order chi connectivity index (χ1) is 10.1. The van der Waals surface area contributed by atoms with Gasteiger partial charge in [-0.15, -0.1) is 23.1 Å². The molecule has 0 radical (unpaired) electrons. The van der Waals surface area contributed by atoms with E-state index < -0.39 is 0 Å². The number of nitrogens with zero attached hydrogens (tertiary/aromatic N) is 1. The maximum atomic E-state index is 11.7. The van der Waals surface area contributed by atoms with E-state index in [-0.39, 0.29) is 5.91 Å². The van der Waals surface area contributed by atoms with E-state index in [2.05, 4.69) is 42.3 Å². The number of aromatic nitrogens is 1. The third kappa shape index (κ3) is 5.73. The summed E-state index contributed by atoms with van der Waals surface area (Å²) < 4.78 is 0.939. The average molecular weight is 339 g/mol. The van der Waals surface area contributed by atoms with Crippen molar-refractivity contribution in [2.75, 3.05) is 18.1 Å². The molecule has 0 unspecified atom stereocenters. The molecule has 1 aromatic heterocycles. The molecule has 21 heavy (non-hydrogen) atoms. The molecule has 0 atom stereocenters. The van der Waals surface area contributed by atoms with E-state index in [1.165, 1.54) is 27.8 Å². The monoisotopic (exact) mass is 338 g/mol. The molecule has 0 saturated heterocycles. The van der Waals surface area contributed by atoms with Gasteiger partial charge in [-0.25, -0.2) is 4.98 Å². The number of rotatable bonds is 7. The van der Waals surface area contributed by atoms with Crippen molar-refractivity contribution in [3.05, 3.63) is 40.9 Å². The molecule has 1 aromatic carbocycles. The van der Waals surface area contributed by atoms with Crippen LogP contribution in [-0.2, 0) is 4.79 Å². The second kappa shape index (κ2) is 8.46. The molecule has 112 valence electrons. The van der Waals surface area contributed by atoms with Crippen molar-refractivity contribution < 1.29 is 4.79 Å². The first-order valence-corrected chi connectivity index (χ1v) is 9.49. The fourth-order valence-corrected chi connectivity index (χ4v) is 3.95. The van der Waals surface area contributed by atoms with Gasteiger partial charge in [0.1, 0.15) is 4.34 Å². The summed E-state index contributed by atoms with van der Waals surface area (Å²) in [5, 5.41) is 4.85. The number of benzene rings is 1. The Bertz CT molecular complexity index is 585. The highest BCUT2D eigenvalue weighted by Crippen LogP contribution is 2.21. The van der Waals surface area contributed by atoms with Gasteiger partial charge in [0.2, 0.25) is 5.91 Å². The van der Waals surface area contributed by atoms with E-state index in [4.69, 9.17) is 0 Å². The number of nitrogens with one attached hydrogen (secondary N) is 1. The fourth-order valence-electron chi connectivity index (χ4n) is 1.62. The zero-order chi connectivity index (χ0) is 15.1. The molecule has 1 N–H and O–H groups in total. The molecule has 2 aromatic rings. The summed E-state index contributed by atoms with van der Waals surface area (Å²) in [7, 11) is 0. The van der Waals surface area contributed by atoms with Crippen molar-refractivity contribution >= 4 is 40.8 Å². The van der Waals surface area contributed by atoms with E-state index >= 15 is 0 Å². The molecule has 0 spiro atoms. The highest BCUT2D eigenvalue weighted by atomic mass is 32.2. The summed E-state index contributed by atoms with van der Waals surface area (Å²) in [4.78, 5) is 17.1. The van der Waals surface area contributed by atoms with Gasteiger partial charge in [0, 0.05) is 28.8 Å². The van der Waals surface area contributed by atoms with Crippen LogP contribution in [-0.4, -0.2) is 28.9 Å². The standard InChI is InChI=1S/C15H18N2OS3/c1-11-3-4-13(9-12(11)2)19-7-5-16-14(18)10-21-15-17-6-8-20-15/h3-4,6,8-9H,5,7,10H2,1-2H3,(H,16,18). The highest BCUT2D eigenvalue weighted by molar-refractivity contribution is 8.01. The van der Waals surface area contributed by atoms with E-state index in [1.54, 1.807) is 29.3 Å². The summed E-state index contributed by atoms with van der Waals surface area (Å²) in [5.74, 6) is 1.38. The van der Waals surface area contributed by atoms with Crippen molar-refractivity contribution in [2.45, 2.75) is 23.1 Å². The van der Waals surface area contributed by atoms with Crippen LogP contribution in [0.25, 0.3) is 0 Å². The normalized spacial score (nSPS) is 10.6. The van der Waals surface area contributed by atoms with E-state index in [9.17, 15) is 4.79 Å². The number of hydrogen-bond donors (Lipinski definition) is 1. The quantitative estimate of drug-likeness (QED) is 0.616. The lowest BCUT2D eigenvalue weighted by Crippen LogP contribution is -2.27. The SMILES string of the molecule is Cc1ccc(SCCNC(=O)CSc2nccs2)cc1C. The average Bonchev–Trinajstić information content (AvgIpc) is 2.98. The lowest BCUT2D eigenvalue weighted by molar-refractivity contribution is -0.118. The number of thioether (sulfide) groups is 2. The first-order valence-electron chi connectivity index (χ1n) is 6.64. The van der Waals surface area contributed by atoms with Gasteiger partial charge in [-0.05, 0) is 37.1 Å². The summed E-state index contributed by atoms with van der Waals surface area (Å²) in [5.41, 5.74) is 2.62. The largest absolute Gasteiger partial charge is 0.355 e. The van der Waals surface area contributed by atoms with Crippen LogP contribution in [0, 0.1) is 13.8 Å². The minimum atomic E-state index is 0.0656. The molecular weight excluding hydrogens is 320 g/mol. The van der Waals surface area contributed by atoms with Crippen LogP contribution in [0.3, 0.4) is 0 Å². The number of aryl methyl sites for hydroxylation is 2. The number of carbonyl (C=O) groups excluding carboxylic acids is 1. The van der Waals surface area contributed by atoms with Gasteiger partial charge < -0.3 is 5.32 Å². The summed E-state index contributed by atoms with van der Waals surface area (Å²) in [6.07, 6.45) is 1.76. The van der Waals surface area contributed by atoms with Crippen molar-refractivity contribution in [3.8, 4) is 0 Å². The molecule has 0 saturated carbocycles. The molecule has 2 rings (SSSR count). The Hall–Kier alpha value is -0.980. The predicted octanol–water partition coefficient (Wildman–Crippen LogP) is 3.76.